The van der Waals surface area contributed by atoms with Crippen molar-refractivity contribution >= 4 is 31.1 Å². The smallest absolute Gasteiger partial charge is 0.165 e. The Morgan fingerprint density at radius 1 is 0.960 bits per heavy atom. The lowest BCUT2D eigenvalue weighted by Gasteiger charge is -2.13. The van der Waals surface area contributed by atoms with E-state index in [0.29, 0.717) is 14.3 Å². The van der Waals surface area contributed by atoms with Gasteiger partial charge in [0.15, 0.2) is 11.5 Å². The number of nitrogens with zero attached hydrogens (tertiary/aromatic N) is 1. The predicted octanol–water partition coefficient (Wildman–Crippen LogP) is 4.09. The molecule has 0 radical (unpaired) electrons. The minimum atomic E-state index is 0.206. The standard InChI is InChI=1S/C21H20NO2P/c1-15-8-6-9-16(14-22-17-10-4-3-5-11-17)21(15)25-19-13-7-12-18(24-2)20(19)23/h3-14,23,25H,1-2H3. The molecule has 0 saturated carbocycles. The number of hydrogen-bond acceptors (Lipinski definition) is 3. The first-order valence-corrected chi connectivity index (χ1v) is 9.01. The van der Waals surface area contributed by atoms with Gasteiger partial charge in [-0.05, 0) is 36.0 Å². The Morgan fingerprint density at radius 2 is 1.72 bits per heavy atom. The van der Waals surface area contributed by atoms with Crippen molar-refractivity contribution in [3.63, 3.8) is 0 Å². The maximum Gasteiger partial charge on any atom is 0.165 e. The van der Waals surface area contributed by atoms with Gasteiger partial charge in [-0.3, -0.25) is 4.99 Å². The zero-order chi connectivity index (χ0) is 17.6. The van der Waals surface area contributed by atoms with Gasteiger partial charge < -0.3 is 9.84 Å². The van der Waals surface area contributed by atoms with Gasteiger partial charge in [0.1, 0.15) is 0 Å². The maximum absolute atomic E-state index is 10.4. The summed E-state index contributed by atoms with van der Waals surface area (Å²) in [5, 5.41) is 12.4. The van der Waals surface area contributed by atoms with Crippen molar-refractivity contribution in [2.24, 2.45) is 4.99 Å². The van der Waals surface area contributed by atoms with Crippen molar-refractivity contribution in [1.29, 1.82) is 0 Å². The van der Waals surface area contributed by atoms with Crippen LogP contribution in [0.5, 0.6) is 11.5 Å². The average molecular weight is 349 g/mol. The van der Waals surface area contributed by atoms with Gasteiger partial charge in [0.25, 0.3) is 0 Å². The zero-order valence-electron chi connectivity index (χ0n) is 14.2. The van der Waals surface area contributed by atoms with Crippen LogP contribution in [0.15, 0.2) is 71.7 Å². The van der Waals surface area contributed by atoms with Crippen LogP contribution < -0.4 is 15.3 Å². The molecule has 1 unspecified atom stereocenters. The van der Waals surface area contributed by atoms with E-state index in [1.165, 1.54) is 10.9 Å². The Morgan fingerprint density at radius 3 is 2.48 bits per heavy atom. The molecular weight excluding hydrogens is 329 g/mol. The number of aliphatic imine (C=N–C) groups is 1. The van der Waals surface area contributed by atoms with Crippen molar-refractivity contribution in [2.75, 3.05) is 7.11 Å². The highest BCUT2D eigenvalue weighted by molar-refractivity contribution is 7.56. The second kappa shape index (κ2) is 7.96. The molecule has 0 saturated heterocycles. The highest BCUT2D eigenvalue weighted by Crippen LogP contribution is 2.29. The summed E-state index contributed by atoms with van der Waals surface area (Å²) < 4.78 is 5.22. The topological polar surface area (TPSA) is 41.8 Å². The molecule has 3 nitrogen and oxygen atoms in total. The fraction of sp³-hybridized carbons (Fsp3) is 0.0952. The van der Waals surface area contributed by atoms with E-state index < -0.39 is 0 Å². The van der Waals surface area contributed by atoms with Gasteiger partial charge in [0.2, 0.25) is 0 Å². The van der Waals surface area contributed by atoms with Crippen LogP contribution in [0.3, 0.4) is 0 Å². The van der Waals surface area contributed by atoms with Crippen molar-refractivity contribution in [1.82, 2.24) is 0 Å². The first kappa shape index (κ1) is 17.2. The van der Waals surface area contributed by atoms with E-state index in [-0.39, 0.29) is 5.75 Å². The lowest BCUT2D eigenvalue weighted by molar-refractivity contribution is 0.375. The molecule has 1 atom stereocenters. The number of aryl methyl sites for hydroxylation is 1. The highest BCUT2D eigenvalue weighted by atomic mass is 31.1. The number of ether oxygens (including phenoxy) is 1. The molecule has 0 heterocycles. The van der Waals surface area contributed by atoms with Crippen LogP contribution in [0.4, 0.5) is 5.69 Å². The molecule has 0 bridgehead atoms. The van der Waals surface area contributed by atoms with Crippen molar-refractivity contribution in [2.45, 2.75) is 6.92 Å². The first-order chi connectivity index (χ1) is 12.2. The molecule has 0 aliphatic carbocycles. The molecule has 0 fully saturated rings. The van der Waals surface area contributed by atoms with Crippen LogP contribution in [0, 0.1) is 6.92 Å². The summed E-state index contributed by atoms with van der Waals surface area (Å²) in [7, 11) is 1.88. The monoisotopic (exact) mass is 349 g/mol. The van der Waals surface area contributed by atoms with Gasteiger partial charge in [-0.2, -0.15) is 0 Å². The van der Waals surface area contributed by atoms with E-state index in [9.17, 15) is 5.11 Å². The summed E-state index contributed by atoms with van der Waals surface area (Å²) in [4.78, 5) is 4.57. The van der Waals surface area contributed by atoms with E-state index in [2.05, 4.69) is 24.0 Å². The van der Waals surface area contributed by atoms with E-state index in [1.807, 2.05) is 54.7 Å². The van der Waals surface area contributed by atoms with Crippen molar-refractivity contribution in [3.05, 3.63) is 77.9 Å². The van der Waals surface area contributed by atoms with Gasteiger partial charge in [-0.1, -0.05) is 57.1 Å². The average Bonchev–Trinajstić information content (AvgIpc) is 2.64. The predicted molar refractivity (Wildman–Crippen MR) is 107 cm³/mol. The SMILES string of the molecule is COc1cccc(Pc2c(C)cccc2C=Nc2ccccc2)c1O. The number of rotatable bonds is 5. The number of phenols is 1. The third-order valence-electron chi connectivity index (χ3n) is 3.89. The maximum atomic E-state index is 10.4. The molecular formula is C21H20NO2P. The summed E-state index contributed by atoms with van der Waals surface area (Å²) in [6.07, 6.45) is 1.89. The normalized spacial score (nSPS) is 11.4. The number of para-hydroxylation sites is 2. The first-order valence-electron chi connectivity index (χ1n) is 8.01. The van der Waals surface area contributed by atoms with E-state index in [0.717, 1.165) is 16.6 Å². The molecule has 4 heteroatoms. The summed E-state index contributed by atoms with van der Waals surface area (Å²) in [5.41, 5.74) is 3.16. The molecule has 0 spiro atoms. The van der Waals surface area contributed by atoms with Crippen LogP contribution in [-0.4, -0.2) is 18.4 Å². The third kappa shape index (κ3) is 4.07. The minimum absolute atomic E-state index is 0.206. The van der Waals surface area contributed by atoms with Gasteiger partial charge >= 0.3 is 0 Å². The fourth-order valence-corrected chi connectivity index (χ4v) is 3.81. The Labute approximate surface area is 149 Å². The van der Waals surface area contributed by atoms with E-state index >= 15 is 0 Å². The number of methoxy groups -OCH3 is 1. The Kier molecular flexibility index (Phi) is 5.47. The second-order valence-corrected chi connectivity index (χ2v) is 6.90. The molecule has 126 valence electrons. The number of hydrogen-bond donors (Lipinski definition) is 1. The molecule has 0 aromatic heterocycles. The minimum Gasteiger partial charge on any atom is -0.504 e. The molecule has 0 aliphatic heterocycles. The largest absolute Gasteiger partial charge is 0.504 e. The van der Waals surface area contributed by atoms with Gasteiger partial charge in [0.05, 0.1) is 12.8 Å². The second-order valence-electron chi connectivity index (χ2n) is 5.61. The van der Waals surface area contributed by atoms with Crippen LogP contribution in [0.2, 0.25) is 0 Å². The molecule has 0 aliphatic rings. The molecule has 3 aromatic carbocycles. The molecule has 25 heavy (non-hydrogen) atoms. The molecule has 3 rings (SSSR count). The van der Waals surface area contributed by atoms with Gasteiger partial charge in [-0.15, -0.1) is 0 Å². The van der Waals surface area contributed by atoms with Crippen LogP contribution in [0.25, 0.3) is 0 Å². The van der Waals surface area contributed by atoms with E-state index in [4.69, 9.17) is 4.74 Å². The highest BCUT2D eigenvalue weighted by Gasteiger charge is 2.11. The molecule has 0 amide bonds. The zero-order valence-corrected chi connectivity index (χ0v) is 15.2. The Hall–Kier alpha value is -2.64. The Balaban J connectivity index is 1.96. The van der Waals surface area contributed by atoms with Crippen molar-refractivity contribution < 1.29 is 9.84 Å². The lowest BCUT2D eigenvalue weighted by Crippen LogP contribution is -2.12. The summed E-state index contributed by atoms with van der Waals surface area (Å²) in [6, 6.07) is 21.6. The van der Waals surface area contributed by atoms with Crippen LogP contribution in [-0.2, 0) is 0 Å². The summed E-state index contributed by atoms with van der Waals surface area (Å²) in [6.45, 7) is 2.08. The number of phenolic OH excluding ortho intramolecular Hbond substituents is 1. The molecule has 3 aromatic rings. The van der Waals surface area contributed by atoms with Crippen molar-refractivity contribution in [3.8, 4) is 11.5 Å². The fourth-order valence-electron chi connectivity index (χ4n) is 2.55. The quantitative estimate of drug-likeness (QED) is 0.557. The third-order valence-corrected chi connectivity index (χ3v) is 5.50. The summed E-state index contributed by atoms with van der Waals surface area (Å²) in [5.74, 6) is 0.704. The summed E-state index contributed by atoms with van der Waals surface area (Å²) >= 11 is 0. The lowest BCUT2D eigenvalue weighted by atomic mass is 10.1. The van der Waals surface area contributed by atoms with E-state index in [1.54, 1.807) is 13.2 Å². The number of benzene rings is 3. The Bertz CT molecular complexity index is 892. The van der Waals surface area contributed by atoms with Crippen LogP contribution in [0.1, 0.15) is 11.1 Å². The van der Waals surface area contributed by atoms with Gasteiger partial charge in [-0.25, -0.2) is 0 Å². The number of aromatic hydroxyl groups is 1. The van der Waals surface area contributed by atoms with Gasteiger partial charge in [0, 0.05) is 17.1 Å². The molecule has 1 N–H and O–H groups in total. The van der Waals surface area contributed by atoms with Crippen LogP contribution >= 0.6 is 8.58 Å².